The summed E-state index contributed by atoms with van der Waals surface area (Å²) in [7, 11) is 0. The summed E-state index contributed by atoms with van der Waals surface area (Å²) in [6, 6.07) is 4.90. The molecular weight excluding hydrogens is 350 g/mol. The molecule has 1 saturated carbocycles. The second kappa shape index (κ2) is 7.14. The Balaban J connectivity index is 1.54. The van der Waals surface area contributed by atoms with Gasteiger partial charge in [-0.1, -0.05) is 29.2 Å². The number of aromatic nitrogens is 2. The van der Waals surface area contributed by atoms with E-state index < -0.39 is 4.92 Å². The number of benzene rings is 1. The van der Waals surface area contributed by atoms with Crippen LogP contribution in [0, 0.1) is 17.0 Å². The first-order valence-corrected chi connectivity index (χ1v) is 9.09. The smallest absolute Gasteiger partial charge is 0.271 e. The van der Waals surface area contributed by atoms with Crippen LogP contribution in [0.2, 0.25) is 0 Å². The Morgan fingerprint density at radius 2 is 2.25 bits per heavy atom. The molecule has 1 aliphatic rings. The van der Waals surface area contributed by atoms with Crippen LogP contribution in [-0.2, 0) is 4.79 Å². The van der Waals surface area contributed by atoms with Gasteiger partial charge in [0.15, 0.2) is 4.34 Å². The normalized spacial score (nSPS) is 13.5. The minimum absolute atomic E-state index is 0.0523. The van der Waals surface area contributed by atoms with E-state index in [-0.39, 0.29) is 17.3 Å². The molecule has 1 aromatic heterocycles. The number of nitrogens with one attached hydrogen (secondary N) is 2. The van der Waals surface area contributed by atoms with E-state index in [0.29, 0.717) is 16.1 Å². The van der Waals surface area contributed by atoms with Crippen molar-refractivity contribution in [3.63, 3.8) is 0 Å². The highest BCUT2D eigenvalue weighted by molar-refractivity contribution is 8.01. The third-order valence-corrected chi connectivity index (χ3v) is 5.33. The number of carbonyl (C=O) groups is 1. The number of hydrogen-bond donors (Lipinski definition) is 2. The van der Waals surface area contributed by atoms with Crippen LogP contribution in [0.1, 0.15) is 18.4 Å². The van der Waals surface area contributed by atoms with Crippen LogP contribution in [0.15, 0.2) is 22.5 Å². The Kier molecular flexibility index (Phi) is 4.95. The topological polar surface area (TPSA) is 110 Å². The van der Waals surface area contributed by atoms with E-state index in [1.807, 2.05) is 0 Å². The van der Waals surface area contributed by atoms with Crippen molar-refractivity contribution >= 4 is 45.5 Å². The van der Waals surface area contributed by atoms with Crippen molar-refractivity contribution in [3.05, 3.63) is 33.9 Å². The molecule has 2 aromatic rings. The predicted octanol–water partition coefficient (Wildman–Crippen LogP) is 3.06. The molecule has 3 rings (SSSR count). The largest absolute Gasteiger partial charge is 0.357 e. The number of nitro groups is 1. The molecule has 0 saturated heterocycles. The lowest BCUT2D eigenvalue weighted by atomic mass is 10.2. The van der Waals surface area contributed by atoms with Gasteiger partial charge in [-0.05, 0) is 25.3 Å². The van der Waals surface area contributed by atoms with Crippen LogP contribution < -0.4 is 10.6 Å². The first-order valence-electron chi connectivity index (χ1n) is 7.29. The fraction of sp³-hybridized carbons (Fsp3) is 0.357. The number of anilines is 2. The number of hydrogen-bond acceptors (Lipinski definition) is 8. The molecule has 1 aromatic carbocycles. The van der Waals surface area contributed by atoms with E-state index in [9.17, 15) is 14.9 Å². The molecular formula is C14H15N5O3S2. The average Bonchev–Trinajstić information content (AvgIpc) is 3.24. The van der Waals surface area contributed by atoms with E-state index in [2.05, 4.69) is 20.8 Å². The first-order chi connectivity index (χ1) is 11.5. The number of amides is 1. The van der Waals surface area contributed by atoms with E-state index in [1.54, 1.807) is 13.0 Å². The molecule has 1 aliphatic carbocycles. The molecule has 0 unspecified atom stereocenters. The summed E-state index contributed by atoms with van der Waals surface area (Å²) < 4.78 is 0.712. The Morgan fingerprint density at radius 1 is 1.46 bits per heavy atom. The number of rotatable bonds is 7. The fourth-order valence-corrected chi connectivity index (χ4v) is 3.53. The number of non-ortho nitro benzene ring substituents is 1. The van der Waals surface area contributed by atoms with Gasteiger partial charge in [0.2, 0.25) is 11.0 Å². The van der Waals surface area contributed by atoms with Gasteiger partial charge in [0.25, 0.3) is 5.69 Å². The number of nitro benzene ring substituents is 1. The van der Waals surface area contributed by atoms with E-state index in [4.69, 9.17) is 0 Å². The molecule has 1 heterocycles. The number of thioether (sulfide) groups is 1. The fourth-order valence-electron chi connectivity index (χ4n) is 1.90. The second-order valence-electron chi connectivity index (χ2n) is 5.38. The number of aryl methyl sites for hydroxylation is 1. The lowest BCUT2D eigenvalue weighted by Gasteiger charge is -2.07. The number of carbonyl (C=O) groups excluding carboxylic acids is 1. The Hall–Kier alpha value is -2.20. The maximum absolute atomic E-state index is 12.1. The molecule has 10 heteroatoms. The van der Waals surface area contributed by atoms with Crippen molar-refractivity contribution < 1.29 is 9.72 Å². The summed E-state index contributed by atoms with van der Waals surface area (Å²) >= 11 is 2.71. The van der Waals surface area contributed by atoms with Gasteiger partial charge in [0.1, 0.15) is 0 Å². The summed E-state index contributed by atoms with van der Waals surface area (Å²) in [5.41, 5.74) is 1.16. The zero-order valence-electron chi connectivity index (χ0n) is 12.8. The highest BCUT2D eigenvalue weighted by Gasteiger charge is 2.22. The molecule has 24 heavy (non-hydrogen) atoms. The molecule has 1 fully saturated rings. The summed E-state index contributed by atoms with van der Waals surface area (Å²) in [6.45, 7) is 1.78. The monoisotopic (exact) mass is 365 g/mol. The molecule has 0 bridgehead atoms. The zero-order valence-corrected chi connectivity index (χ0v) is 14.4. The minimum Gasteiger partial charge on any atom is -0.357 e. The van der Waals surface area contributed by atoms with Gasteiger partial charge in [0, 0.05) is 18.2 Å². The first kappa shape index (κ1) is 16.7. The van der Waals surface area contributed by atoms with Crippen molar-refractivity contribution in [2.45, 2.75) is 30.1 Å². The Labute approximate surface area is 146 Å². The molecule has 0 aliphatic heterocycles. The summed E-state index contributed by atoms with van der Waals surface area (Å²) in [5, 5.41) is 25.6. The van der Waals surface area contributed by atoms with Gasteiger partial charge in [-0.3, -0.25) is 14.9 Å². The summed E-state index contributed by atoms with van der Waals surface area (Å²) in [4.78, 5) is 22.4. The van der Waals surface area contributed by atoms with Gasteiger partial charge >= 0.3 is 0 Å². The van der Waals surface area contributed by atoms with Crippen LogP contribution in [0.5, 0.6) is 0 Å². The molecule has 1 amide bonds. The summed E-state index contributed by atoms with van der Waals surface area (Å²) in [6.07, 6.45) is 2.32. The van der Waals surface area contributed by atoms with Crippen molar-refractivity contribution in [2.24, 2.45) is 0 Å². The van der Waals surface area contributed by atoms with Crippen molar-refractivity contribution in [1.29, 1.82) is 0 Å². The van der Waals surface area contributed by atoms with Crippen molar-refractivity contribution in [2.75, 3.05) is 16.4 Å². The van der Waals surface area contributed by atoms with Gasteiger partial charge in [-0.15, -0.1) is 10.2 Å². The SMILES string of the molecule is Cc1ccc([N+](=O)[O-])cc1NC(=O)CSc1nnc(NC2CC2)s1. The molecule has 2 N–H and O–H groups in total. The van der Waals surface area contributed by atoms with Gasteiger partial charge < -0.3 is 10.6 Å². The quantitative estimate of drug-likeness (QED) is 0.441. The molecule has 0 radical (unpaired) electrons. The van der Waals surface area contributed by atoms with Crippen LogP contribution in [0.4, 0.5) is 16.5 Å². The minimum atomic E-state index is -0.487. The van der Waals surface area contributed by atoms with Gasteiger partial charge in [-0.25, -0.2) is 0 Å². The average molecular weight is 365 g/mol. The summed E-state index contributed by atoms with van der Waals surface area (Å²) in [5.74, 6) is -0.0734. The van der Waals surface area contributed by atoms with Gasteiger partial charge in [-0.2, -0.15) is 0 Å². The highest BCUT2D eigenvalue weighted by Crippen LogP contribution is 2.30. The lowest BCUT2D eigenvalue weighted by molar-refractivity contribution is -0.384. The van der Waals surface area contributed by atoms with Crippen molar-refractivity contribution in [3.8, 4) is 0 Å². The number of nitrogens with zero attached hydrogens (tertiary/aromatic N) is 3. The Bertz CT molecular complexity index is 776. The van der Waals surface area contributed by atoms with Gasteiger partial charge in [0.05, 0.1) is 16.4 Å². The Morgan fingerprint density at radius 3 is 2.96 bits per heavy atom. The molecule has 0 spiro atoms. The van der Waals surface area contributed by atoms with Crippen LogP contribution in [0.25, 0.3) is 0 Å². The van der Waals surface area contributed by atoms with Crippen LogP contribution in [0.3, 0.4) is 0 Å². The van der Waals surface area contributed by atoms with E-state index in [1.165, 1.54) is 35.2 Å². The molecule has 126 valence electrons. The second-order valence-corrected chi connectivity index (χ2v) is 7.58. The van der Waals surface area contributed by atoms with Crippen LogP contribution >= 0.6 is 23.1 Å². The van der Waals surface area contributed by atoms with Crippen molar-refractivity contribution in [1.82, 2.24) is 10.2 Å². The van der Waals surface area contributed by atoms with Crippen LogP contribution in [-0.4, -0.2) is 32.8 Å². The molecule has 8 nitrogen and oxygen atoms in total. The van der Waals surface area contributed by atoms with E-state index >= 15 is 0 Å². The standard InChI is InChI=1S/C14H15N5O3S2/c1-8-2-5-10(19(21)22)6-11(8)16-12(20)7-23-14-18-17-13(24-14)15-9-3-4-9/h2,5-6,9H,3-4,7H2,1H3,(H,15,17)(H,16,20). The highest BCUT2D eigenvalue weighted by atomic mass is 32.2. The maximum atomic E-state index is 12.1. The lowest BCUT2D eigenvalue weighted by Crippen LogP contribution is -2.15. The van der Waals surface area contributed by atoms with E-state index in [0.717, 1.165) is 23.5 Å². The maximum Gasteiger partial charge on any atom is 0.271 e. The third kappa shape index (κ3) is 4.42. The zero-order chi connectivity index (χ0) is 17.1. The predicted molar refractivity (Wildman–Crippen MR) is 93.7 cm³/mol. The third-order valence-electron chi connectivity index (χ3n) is 3.34. The molecule has 0 atom stereocenters.